The zero-order valence-corrected chi connectivity index (χ0v) is 10.9. The standard InChI is InChI=1S/C13H13ClN2O2/c1-7-10(13(17)16-8(2)15)6-9-4-3-5-11(14)12(9)18-7/h3-7H,1-2H3,(H2,15,16,17)/t7-/m1/s1. The number of ether oxygens (including phenoxy) is 1. The first-order valence-corrected chi connectivity index (χ1v) is 5.88. The molecule has 0 spiro atoms. The number of nitrogens with two attached hydrogens (primary N) is 1. The molecule has 94 valence electrons. The first kappa shape index (κ1) is 12.6. The van der Waals surface area contributed by atoms with Crippen molar-refractivity contribution in [2.45, 2.75) is 20.0 Å². The number of amidine groups is 1. The van der Waals surface area contributed by atoms with Gasteiger partial charge in [0.2, 0.25) is 0 Å². The van der Waals surface area contributed by atoms with Crippen LogP contribution in [0.4, 0.5) is 0 Å². The van der Waals surface area contributed by atoms with Gasteiger partial charge in [0, 0.05) is 5.56 Å². The molecule has 0 aliphatic carbocycles. The smallest absolute Gasteiger partial charge is 0.278 e. The van der Waals surface area contributed by atoms with Crippen LogP contribution in [-0.2, 0) is 4.79 Å². The summed E-state index contributed by atoms with van der Waals surface area (Å²) in [6.07, 6.45) is 1.34. The van der Waals surface area contributed by atoms with Crippen LogP contribution in [0.5, 0.6) is 5.75 Å². The molecule has 0 saturated carbocycles. The summed E-state index contributed by atoms with van der Waals surface area (Å²) >= 11 is 6.03. The summed E-state index contributed by atoms with van der Waals surface area (Å²) in [4.78, 5) is 15.6. The molecule has 0 aromatic heterocycles. The highest BCUT2D eigenvalue weighted by Crippen LogP contribution is 2.35. The summed E-state index contributed by atoms with van der Waals surface area (Å²) in [5.41, 5.74) is 6.64. The normalized spacial score (nSPS) is 18.7. The topological polar surface area (TPSA) is 64.7 Å². The monoisotopic (exact) mass is 264 g/mol. The van der Waals surface area contributed by atoms with Gasteiger partial charge in [-0.15, -0.1) is 0 Å². The Morgan fingerprint density at radius 2 is 2.22 bits per heavy atom. The molecule has 1 heterocycles. The number of carbonyl (C=O) groups excluding carboxylic acids is 1. The second kappa shape index (κ2) is 4.82. The van der Waals surface area contributed by atoms with Crippen molar-refractivity contribution in [1.82, 2.24) is 0 Å². The molecule has 0 radical (unpaired) electrons. The highest BCUT2D eigenvalue weighted by molar-refractivity contribution is 6.32. The van der Waals surface area contributed by atoms with Gasteiger partial charge in [-0.2, -0.15) is 4.99 Å². The van der Waals surface area contributed by atoms with Crippen molar-refractivity contribution in [3.05, 3.63) is 34.4 Å². The minimum absolute atomic E-state index is 0.227. The van der Waals surface area contributed by atoms with E-state index in [1.165, 1.54) is 0 Å². The van der Waals surface area contributed by atoms with Crippen molar-refractivity contribution in [3.63, 3.8) is 0 Å². The van der Waals surface area contributed by atoms with Crippen molar-refractivity contribution >= 4 is 29.4 Å². The third-order valence-electron chi connectivity index (χ3n) is 2.57. The van der Waals surface area contributed by atoms with Gasteiger partial charge in [0.25, 0.3) is 5.91 Å². The van der Waals surface area contributed by atoms with E-state index in [9.17, 15) is 4.79 Å². The van der Waals surface area contributed by atoms with Crippen molar-refractivity contribution < 1.29 is 9.53 Å². The summed E-state index contributed by atoms with van der Waals surface area (Å²) < 4.78 is 5.65. The van der Waals surface area contributed by atoms with E-state index in [0.717, 1.165) is 5.56 Å². The molecule has 0 bridgehead atoms. The zero-order chi connectivity index (χ0) is 13.3. The number of aliphatic imine (C=N–C) groups is 1. The number of rotatable bonds is 1. The molecule has 2 N–H and O–H groups in total. The fourth-order valence-electron chi connectivity index (χ4n) is 1.75. The number of hydrogen-bond donors (Lipinski definition) is 1. The van der Waals surface area contributed by atoms with Crippen molar-refractivity contribution in [2.75, 3.05) is 0 Å². The van der Waals surface area contributed by atoms with Crippen LogP contribution < -0.4 is 10.5 Å². The van der Waals surface area contributed by atoms with E-state index in [1.807, 2.05) is 6.07 Å². The van der Waals surface area contributed by atoms with Crippen LogP contribution in [0, 0.1) is 0 Å². The molecule has 1 amide bonds. The van der Waals surface area contributed by atoms with Crippen LogP contribution >= 0.6 is 11.6 Å². The van der Waals surface area contributed by atoms with Gasteiger partial charge in [0.05, 0.1) is 10.6 Å². The molecular weight excluding hydrogens is 252 g/mol. The summed E-state index contributed by atoms with van der Waals surface area (Å²) in [6.45, 7) is 3.34. The van der Waals surface area contributed by atoms with E-state index in [1.54, 1.807) is 32.1 Å². The fraction of sp³-hybridized carbons (Fsp3) is 0.231. The second-order valence-electron chi connectivity index (χ2n) is 4.08. The molecule has 1 aromatic rings. The Balaban J connectivity index is 2.45. The Labute approximate surface area is 110 Å². The number of halogens is 1. The molecule has 0 unspecified atom stereocenters. The molecule has 4 nitrogen and oxygen atoms in total. The Morgan fingerprint density at radius 3 is 2.89 bits per heavy atom. The van der Waals surface area contributed by atoms with Crippen LogP contribution in [-0.4, -0.2) is 17.8 Å². The Bertz CT molecular complexity index is 560. The number of amides is 1. The van der Waals surface area contributed by atoms with E-state index in [-0.39, 0.29) is 11.7 Å². The van der Waals surface area contributed by atoms with Crippen LogP contribution in [0.2, 0.25) is 5.02 Å². The van der Waals surface area contributed by atoms with Crippen LogP contribution in [0.25, 0.3) is 6.08 Å². The lowest BCUT2D eigenvalue weighted by atomic mass is 10.0. The molecule has 1 aliphatic heterocycles. The quantitative estimate of drug-likeness (QED) is 0.626. The Kier molecular flexibility index (Phi) is 3.39. The summed E-state index contributed by atoms with van der Waals surface area (Å²) in [7, 11) is 0. The van der Waals surface area contributed by atoms with E-state index < -0.39 is 6.10 Å². The predicted octanol–water partition coefficient (Wildman–Crippen LogP) is 2.41. The maximum Gasteiger partial charge on any atom is 0.278 e. The molecule has 0 fully saturated rings. The van der Waals surface area contributed by atoms with Crippen LogP contribution in [0.3, 0.4) is 0 Å². The number of hydrogen-bond acceptors (Lipinski definition) is 2. The van der Waals surface area contributed by atoms with Gasteiger partial charge in [-0.05, 0) is 26.0 Å². The van der Waals surface area contributed by atoms with E-state index in [4.69, 9.17) is 22.1 Å². The average molecular weight is 265 g/mol. The minimum Gasteiger partial charge on any atom is -0.484 e. The van der Waals surface area contributed by atoms with Crippen molar-refractivity contribution in [1.29, 1.82) is 0 Å². The Morgan fingerprint density at radius 1 is 1.50 bits per heavy atom. The van der Waals surface area contributed by atoms with Gasteiger partial charge in [-0.3, -0.25) is 4.79 Å². The highest BCUT2D eigenvalue weighted by Gasteiger charge is 2.25. The van der Waals surface area contributed by atoms with Crippen LogP contribution in [0.1, 0.15) is 19.4 Å². The van der Waals surface area contributed by atoms with Crippen molar-refractivity contribution in [2.24, 2.45) is 10.7 Å². The molecule has 5 heteroatoms. The molecule has 18 heavy (non-hydrogen) atoms. The summed E-state index contributed by atoms with van der Waals surface area (Å²) in [6, 6.07) is 5.38. The maximum atomic E-state index is 11.9. The first-order valence-electron chi connectivity index (χ1n) is 5.51. The number of carbonyl (C=O) groups is 1. The average Bonchev–Trinajstić information content (AvgIpc) is 2.28. The number of benzene rings is 1. The lowest BCUT2D eigenvalue weighted by Gasteiger charge is -2.23. The predicted molar refractivity (Wildman–Crippen MR) is 71.8 cm³/mol. The number of fused-ring (bicyclic) bond motifs is 1. The van der Waals surface area contributed by atoms with Crippen molar-refractivity contribution in [3.8, 4) is 5.75 Å². The minimum atomic E-state index is -0.395. The van der Waals surface area contributed by atoms with E-state index >= 15 is 0 Å². The summed E-state index contributed by atoms with van der Waals surface area (Å²) in [5, 5.41) is 0.528. The second-order valence-corrected chi connectivity index (χ2v) is 4.48. The van der Waals surface area contributed by atoms with Gasteiger partial charge in [-0.1, -0.05) is 23.7 Å². The lowest BCUT2D eigenvalue weighted by molar-refractivity contribution is -0.115. The molecule has 0 saturated heterocycles. The SMILES string of the molecule is CC(N)=NC(=O)C1=Cc2cccc(Cl)c2O[C@@H]1C. The van der Waals surface area contributed by atoms with Gasteiger partial charge >= 0.3 is 0 Å². The number of para-hydroxylation sites is 1. The Hall–Kier alpha value is -1.81. The van der Waals surface area contributed by atoms with E-state index in [0.29, 0.717) is 16.3 Å². The van der Waals surface area contributed by atoms with Gasteiger partial charge in [0.15, 0.2) is 0 Å². The third-order valence-corrected chi connectivity index (χ3v) is 2.86. The highest BCUT2D eigenvalue weighted by atomic mass is 35.5. The molecule has 1 aromatic carbocycles. The molecule has 2 rings (SSSR count). The number of nitrogens with zero attached hydrogens (tertiary/aromatic N) is 1. The van der Waals surface area contributed by atoms with Gasteiger partial charge in [0.1, 0.15) is 17.7 Å². The zero-order valence-electron chi connectivity index (χ0n) is 10.1. The lowest BCUT2D eigenvalue weighted by Crippen LogP contribution is -2.24. The largest absolute Gasteiger partial charge is 0.484 e. The van der Waals surface area contributed by atoms with E-state index in [2.05, 4.69) is 4.99 Å². The molecular formula is C13H13ClN2O2. The maximum absolute atomic E-state index is 11.9. The third kappa shape index (κ3) is 2.38. The van der Waals surface area contributed by atoms with Crippen LogP contribution in [0.15, 0.2) is 28.8 Å². The van der Waals surface area contributed by atoms with Gasteiger partial charge in [-0.25, -0.2) is 0 Å². The summed E-state index contributed by atoms with van der Waals surface area (Å²) in [5.74, 6) is 0.440. The van der Waals surface area contributed by atoms with Gasteiger partial charge < -0.3 is 10.5 Å². The first-order chi connectivity index (χ1) is 8.49. The molecule has 1 atom stereocenters. The molecule has 1 aliphatic rings. The fourth-order valence-corrected chi connectivity index (χ4v) is 1.98.